The lowest BCUT2D eigenvalue weighted by atomic mass is 10.1. The standard InChI is InChI=1S/C13H16O4/c1-9-5-4-6-11(7-9)13(15)17-10(2)8-12(14)16-3/h4-7,10H,8H2,1-3H3/t10-/m1/s1. The topological polar surface area (TPSA) is 52.6 Å². The lowest BCUT2D eigenvalue weighted by Gasteiger charge is -2.12. The molecule has 4 heteroatoms. The molecule has 0 aliphatic carbocycles. The molecule has 0 N–H and O–H groups in total. The third kappa shape index (κ3) is 4.26. The van der Waals surface area contributed by atoms with E-state index in [1.165, 1.54) is 7.11 Å². The van der Waals surface area contributed by atoms with Crippen LogP contribution in [0.5, 0.6) is 0 Å². The van der Waals surface area contributed by atoms with Crippen molar-refractivity contribution in [2.24, 2.45) is 0 Å². The van der Waals surface area contributed by atoms with Crippen LogP contribution in [0.1, 0.15) is 29.3 Å². The van der Waals surface area contributed by atoms with Gasteiger partial charge in [0, 0.05) is 0 Å². The van der Waals surface area contributed by atoms with Crippen LogP contribution in [0.15, 0.2) is 24.3 Å². The molecule has 0 bridgehead atoms. The van der Waals surface area contributed by atoms with Crippen molar-refractivity contribution >= 4 is 11.9 Å². The van der Waals surface area contributed by atoms with Gasteiger partial charge in [-0.2, -0.15) is 0 Å². The summed E-state index contributed by atoms with van der Waals surface area (Å²) in [6.45, 7) is 3.55. The minimum Gasteiger partial charge on any atom is -0.469 e. The number of carbonyl (C=O) groups is 2. The summed E-state index contributed by atoms with van der Waals surface area (Å²) in [4.78, 5) is 22.7. The highest BCUT2D eigenvalue weighted by molar-refractivity contribution is 5.89. The van der Waals surface area contributed by atoms with E-state index in [1.807, 2.05) is 13.0 Å². The van der Waals surface area contributed by atoms with Crippen molar-refractivity contribution in [3.05, 3.63) is 35.4 Å². The summed E-state index contributed by atoms with van der Waals surface area (Å²) < 4.78 is 9.62. The van der Waals surface area contributed by atoms with Crippen LogP contribution in [0.2, 0.25) is 0 Å². The van der Waals surface area contributed by atoms with Gasteiger partial charge in [-0.3, -0.25) is 4.79 Å². The summed E-state index contributed by atoms with van der Waals surface area (Å²) in [6.07, 6.45) is -0.427. The molecular weight excluding hydrogens is 220 g/mol. The molecule has 0 aliphatic heterocycles. The quantitative estimate of drug-likeness (QED) is 0.751. The van der Waals surface area contributed by atoms with Crippen molar-refractivity contribution in [1.82, 2.24) is 0 Å². The van der Waals surface area contributed by atoms with Gasteiger partial charge in [0.2, 0.25) is 0 Å². The number of methoxy groups -OCH3 is 1. The van der Waals surface area contributed by atoms with Gasteiger partial charge in [-0.05, 0) is 26.0 Å². The fraction of sp³-hybridized carbons (Fsp3) is 0.385. The number of rotatable bonds is 4. The fourth-order valence-electron chi connectivity index (χ4n) is 1.38. The second-order valence-electron chi connectivity index (χ2n) is 3.87. The van der Waals surface area contributed by atoms with E-state index in [4.69, 9.17) is 4.74 Å². The molecule has 0 spiro atoms. The third-order valence-corrected chi connectivity index (χ3v) is 2.24. The molecule has 0 heterocycles. The Morgan fingerprint density at radius 3 is 2.65 bits per heavy atom. The van der Waals surface area contributed by atoms with E-state index < -0.39 is 18.0 Å². The monoisotopic (exact) mass is 236 g/mol. The number of hydrogen-bond donors (Lipinski definition) is 0. The summed E-state index contributed by atoms with van der Waals surface area (Å²) >= 11 is 0. The van der Waals surface area contributed by atoms with Crippen molar-refractivity contribution in [2.75, 3.05) is 7.11 Å². The highest BCUT2D eigenvalue weighted by atomic mass is 16.6. The SMILES string of the molecule is COC(=O)C[C@@H](C)OC(=O)c1cccc(C)c1. The molecule has 17 heavy (non-hydrogen) atoms. The molecule has 1 atom stereocenters. The van der Waals surface area contributed by atoms with Gasteiger partial charge in [0.1, 0.15) is 6.10 Å². The van der Waals surface area contributed by atoms with Crippen molar-refractivity contribution in [2.45, 2.75) is 26.4 Å². The Kier molecular flexibility index (Phi) is 4.69. The second kappa shape index (κ2) is 6.03. The first-order valence-corrected chi connectivity index (χ1v) is 5.37. The molecule has 0 unspecified atom stereocenters. The summed E-state index contributed by atoms with van der Waals surface area (Å²) in [7, 11) is 1.30. The van der Waals surface area contributed by atoms with E-state index in [0.717, 1.165) is 5.56 Å². The van der Waals surface area contributed by atoms with Crippen LogP contribution in [0.25, 0.3) is 0 Å². The molecule has 1 aromatic rings. The summed E-state index contributed by atoms with van der Waals surface area (Å²) in [5.41, 5.74) is 1.47. The first-order chi connectivity index (χ1) is 8.02. The lowest BCUT2D eigenvalue weighted by Crippen LogP contribution is -2.19. The Balaban J connectivity index is 2.57. The van der Waals surface area contributed by atoms with Crippen molar-refractivity contribution in [1.29, 1.82) is 0 Å². The highest BCUT2D eigenvalue weighted by Gasteiger charge is 2.15. The predicted octanol–water partition coefficient (Wildman–Crippen LogP) is 2.10. The van der Waals surface area contributed by atoms with Gasteiger partial charge in [-0.25, -0.2) is 4.79 Å². The molecule has 0 aliphatic rings. The molecule has 1 rings (SSSR count). The molecular formula is C13H16O4. The van der Waals surface area contributed by atoms with Crippen molar-refractivity contribution < 1.29 is 19.1 Å². The van der Waals surface area contributed by atoms with E-state index in [-0.39, 0.29) is 6.42 Å². The number of benzene rings is 1. The first kappa shape index (κ1) is 13.2. The van der Waals surface area contributed by atoms with Gasteiger partial charge in [-0.1, -0.05) is 17.7 Å². The van der Waals surface area contributed by atoms with E-state index in [1.54, 1.807) is 25.1 Å². The average Bonchev–Trinajstić information content (AvgIpc) is 2.28. The fourth-order valence-corrected chi connectivity index (χ4v) is 1.38. The van der Waals surface area contributed by atoms with E-state index in [9.17, 15) is 9.59 Å². The van der Waals surface area contributed by atoms with Crippen molar-refractivity contribution in [3.8, 4) is 0 Å². The molecule has 0 fully saturated rings. The van der Waals surface area contributed by atoms with Gasteiger partial charge in [0.05, 0.1) is 19.1 Å². The summed E-state index contributed by atoms with van der Waals surface area (Å²) in [5, 5.41) is 0. The average molecular weight is 236 g/mol. The predicted molar refractivity (Wildman–Crippen MR) is 62.7 cm³/mol. The van der Waals surface area contributed by atoms with Gasteiger partial charge >= 0.3 is 11.9 Å². The molecule has 92 valence electrons. The Hall–Kier alpha value is -1.84. The van der Waals surface area contributed by atoms with Gasteiger partial charge in [0.15, 0.2) is 0 Å². The van der Waals surface area contributed by atoms with Gasteiger partial charge in [-0.15, -0.1) is 0 Å². The van der Waals surface area contributed by atoms with Crippen molar-refractivity contribution in [3.63, 3.8) is 0 Å². The number of carbonyl (C=O) groups excluding carboxylic acids is 2. The van der Waals surface area contributed by atoms with E-state index in [0.29, 0.717) is 5.56 Å². The number of ether oxygens (including phenoxy) is 2. The number of aryl methyl sites for hydroxylation is 1. The smallest absolute Gasteiger partial charge is 0.338 e. The van der Waals surface area contributed by atoms with E-state index >= 15 is 0 Å². The Morgan fingerprint density at radius 1 is 1.35 bits per heavy atom. The Labute approximate surface area is 101 Å². The normalized spacial score (nSPS) is 11.7. The highest BCUT2D eigenvalue weighted by Crippen LogP contribution is 2.08. The van der Waals surface area contributed by atoms with Crippen LogP contribution in [0.4, 0.5) is 0 Å². The molecule has 0 saturated carbocycles. The molecule has 0 saturated heterocycles. The maximum Gasteiger partial charge on any atom is 0.338 e. The molecule has 1 aromatic carbocycles. The van der Waals surface area contributed by atoms with Crippen LogP contribution >= 0.6 is 0 Å². The van der Waals surface area contributed by atoms with Crippen LogP contribution in [-0.4, -0.2) is 25.2 Å². The maximum atomic E-state index is 11.7. The minimum absolute atomic E-state index is 0.0635. The summed E-state index contributed by atoms with van der Waals surface area (Å²) in [5.74, 6) is -0.820. The van der Waals surface area contributed by atoms with Crippen LogP contribution in [-0.2, 0) is 14.3 Å². The second-order valence-corrected chi connectivity index (χ2v) is 3.87. The Morgan fingerprint density at radius 2 is 2.06 bits per heavy atom. The molecule has 0 radical (unpaired) electrons. The van der Waals surface area contributed by atoms with E-state index in [2.05, 4.69) is 4.74 Å². The van der Waals surface area contributed by atoms with Crippen LogP contribution in [0.3, 0.4) is 0 Å². The van der Waals surface area contributed by atoms with Gasteiger partial charge in [0.25, 0.3) is 0 Å². The first-order valence-electron chi connectivity index (χ1n) is 5.37. The molecule has 0 aromatic heterocycles. The van der Waals surface area contributed by atoms with Crippen LogP contribution in [0, 0.1) is 6.92 Å². The minimum atomic E-state index is -0.490. The molecule has 4 nitrogen and oxygen atoms in total. The zero-order valence-corrected chi connectivity index (χ0v) is 10.2. The van der Waals surface area contributed by atoms with Gasteiger partial charge < -0.3 is 9.47 Å². The largest absolute Gasteiger partial charge is 0.469 e. The third-order valence-electron chi connectivity index (χ3n) is 2.24. The number of esters is 2. The maximum absolute atomic E-state index is 11.7. The number of hydrogen-bond acceptors (Lipinski definition) is 4. The summed E-state index contributed by atoms with van der Waals surface area (Å²) in [6, 6.07) is 7.11. The Bertz CT molecular complexity index is 412. The van der Waals surface area contributed by atoms with Crippen LogP contribution < -0.4 is 0 Å². The molecule has 0 amide bonds. The zero-order valence-electron chi connectivity index (χ0n) is 10.2. The zero-order chi connectivity index (χ0) is 12.8. The lowest BCUT2D eigenvalue weighted by molar-refractivity contribution is -0.142.